The quantitative estimate of drug-likeness (QED) is 0.451. The first kappa shape index (κ1) is 20.6. The zero-order valence-corrected chi connectivity index (χ0v) is 17.4. The first-order valence-electron chi connectivity index (χ1n) is 10.7. The van der Waals surface area contributed by atoms with Crippen molar-refractivity contribution < 1.29 is 18.0 Å². The fourth-order valence-corrected chi connectivity index (χ4v) is 4.62. The minimum atomic E-state index is -4.50. The molecule has 1 fully saturated rings. The second-order valence-electron chi connectivity index (χ2n) is 8.36. The lowest BCUT2D eigenvalue weighted by Gasteiger charge is -2.32. The van der Waals surface area contributed by atoms with Crippen LogP contribution in [0.1, 0.15) is 18.7 Å². The Morgan fingerprint density at radius 2 is 1.66 bits per heavy atom. The summed E-state index contributed by atoms with van der Waals surface area (Å²) in [5.74, 6) is -0.754. The third-order valence-corrected chi connectivity index (χ3v) is 6.30. The number of para-hydroxylation sites is 3. The van der Waals surface area contributed by atoms with Crippen molar-refractivity contribution >= 4 is 27.8 Å². The molecular formula is C24H23F3N4O. The Bertz CT molecular complexity index is 1270. The highest BCUT2D eigenvalue weighted by Crippen LogP contribution is 2.33. The molecule has 5 nitrogen and oxygen atoms in total. The summed E-state index contributed by atoms with van der Waals surface area (Å²) in [4.78, 5) is 18.5. The summed E-state index contributed by atoms with van der Waals surface area (Å²) >= 11 is 0. The van der Waals surface area contributed by atoms with E-state index in [0.717, 1.165) is 10.9 Å². The fourth-order valence-electron chi connectivity index (χ4n) is 4.62. The number of benzene rings is 2. The molecule has 0 unspecified atom stereocenters. The number of rotatable bonds is 4. The largest absolute Gasteiger partial charge is 0.449 e. The lowest BCUT2D eigenvalue weighted by Crippen LogP contribution is -2.41. The van der Waals surface area contributed by atoms with Crippen LogP contribution in [0.25, 0.3) is 21.9 Å². The maximum Gasteiger partial charge on any atom is 0.449 e. The van der Waals surface area contributed by atoms with Gasteiger partial charge in [-0.3, -0.25) is 4.79 Å². The highest BCUT2D eigenvalue weighted by atomic mass is 19.4. The number of carbonyl (C=O) groups excluding carboxylic acids is 1. The molecule has 0 N–H and O–H groups in total. The molecule has 5 rings (SSSR count). The van der Waals surface area contributed by atoms with Crippen LogP contribution in [0.4, 0.5) is 13.2 Å². The molecule has 0 aliphatic carbocycles. The monoisotopic (exact) mass is 440 g/mol. The molecule has 8 heteroatoms. The summed E-state index contributed by atoms with van der Waals surface area (Å²) in [7, 11) is 0. The molecule has 1 aliphatic heterocycles. The number of aromatic nitrogens is 3. The SMILES string of the molecule is O=C(Cn1ccc2ccccc21)N1CCC(Cn2c(C(F)(F)F)nc3ccccc32)CC1. The maximum atomic E-state index is 13.6. The van der Waals surface area contributed by atoms with E-state index >= 15 is 0 Å². The van der Waals surface area contributed by atoms with Crippen molar-refractivity contribution in [1.82, 2.24) is 19.0 Å². The Kier molecular flexibility index (Phi) is 5.15. The summed E-state index contributed by atoms with van der Waals surface area (Å²) in [5, 5.41) is 1.09. The number of carbonyl (C=O) groups is 1. The molecule has 0 saturated carbocycles. The number of imidazole rings is 1. The molecule has 0 spiro atoms. The van der Waals surface area contributed by atoms with Crippen molar-refractivity contribution in [1.29, 1.82) is 0 Å². The van der Waals surface area contributed by atoms with Gasteiger partial charge in [0.25, 0.3) is 0 Å². The number of fused-ring (bicyclic) bond motifs is 2. The van der Waals surface area contributed by atoms with Gasteiger partial charge >= 0.3 is 6.18 Å². The van der Waals surface area contributed by atoms with E-state index in [0.29, 0.717) is 37.0 Å². The van der Waals surface area contributed by atoms with E-state index in [1.807, 2.05) is 46.0 Å². The average Bonchev–Trinajstić information content (AvgIpc) is 3.36. The van der Waals surface area contributed by atoms with Crippen LogP contribution in [-0.2, 0) is 24.1 Å². The van der Waals surface area contributed by atoms with Gasteiger partial charge in [0, 0.05) is 31.3 Å². The summed E-state index contributed by atoms with van der Waals surface area (Å²) < 4.78 is 43.9. The minimum Gasteiger partial charge on any atom is -0.341 e. The van der Waals surface area contributed by atoms with Gasteiger partial charge in [-0.2, -0.15) is 13.2 Å². The van der Waals surface area contributed by atoms with Crippen LogP contribution in [0.2, 0.25) is 0 Å². The van der Waals surface area contributed by atoms with Gasteiger partial charge in [-0.25, -0.2) is 4.98 Å². The van der Waals surface area contributed by atoms with Gasteiger partial charge in [-0.05, 0) is 48.4 Å². The Morgan fingerprint density at radius 3 is 2.41 bits per heavy atom. The van der Waals surface area contributed by atoms with Crippen molar-refractivity contribution in [3.8, 4) is 0 Å². The summed E-state index contributed by atoms with van der Waals surface area (Å²) in [6, 6.07) is 16.6. The van der Waals surface area contributed by atoms with Crippen LogP contribution >= 0.6 is 0 Å². The molecule has 2 aromatic heterocycles. The van der Waals surface area contributed by atoms with E-state index in [1.54, 1.807) is 24.3 Å². The van der Waals surface area contributed by atoms with Gasteiger partial charge in [0.15, 0.2) is 0 Å². The van der Waals surface area contributed by atoms with Crippen LogP contribution in [0.15, 0.2) is 60.8 Å². The zero-order chi connectivity index (χ0) is 22.3. The first-order chi connectivity index (χ1) is 15.4. The van der Waals surface area contributed by atoms with Crippen LogP contribution in [0, 0.1) is 5.92 Å². The normalized spacial score (nSPS) is 15.7. The second kappa shape index (κ2) is 8.00. The van der Waals surface area contributed by atoms with Gasteiger partial charge < -0.3 is 14.0 Å². The maximum absolute atomic E-state index is 13.6. The molecule has 0 atom stereocenters. The number of nitrogens with zero attached hydrogens (tertiary/aromatic N) is 4. The van der Waals surface area contributed by atoms with Crippen LogP contribution < -0.4 is 0 Å². The molecule has 0 radical (unpaired) electrons. The highest BCUT2D eigenvalue weighted by molar-refractivity contribution is 5.83. The van der Waals surface area contributed by atoms with Crippen LogP contribution in [0.5, 0.6) is 0 Å². The Hall–Kier alpha value is -3.29. The molecule has 0 bridgehead atoms. The predicted molar refractivity (Wildman–Crippen MR) is 116 cm³/mol. The Balaban J connectivity index is 1.26. The zero-order valence-electron chi connectivity index (χ0n) is 17.4. The lowest BCUT2D eigenvalue weighted by molar-refractivity contribution is -0.147. The van der Waals surface area contributed by atoms with Crippen molar-refractivity contribution in [3.63, 3.8) is 0 Å². The van der Waals surface area contributed by atoms with Crippen molar-refractivity contribution in [2.75, 3.05) is 13.1 Å². The van der Waals surface area contributed by atoms with Gasteiger partial charge in [-0.15, -0.1) is 0 Å². The van der Waals surface area contributed by atoms with E-state index in [2.05, 4.69) is 4.98 Å². The van der Waals surface area contributed by atoms with E-state index in [1.165, 1.54) is 4.57 Å². The molecule has 2 aromatic carbocycles. The molecule has 32 heavy (non-hydrogen) atoms. The number of alkyl halides is 3. The first-order valence-corrected chi connectivity index (χ1v) is 10.7. The van der Waals surface area contributed by atoms with E-state index < -0.39 is 12.0 Å². The van der Waals surface area contributed by atoms with E-state index in [9.17, 15) is 18.0 Å². The lowest BCUT2D eigenvalue weighted by atomic mass is 9.96. The van der Waals surface area contributed by atoms with Crippen molar-refractivity contribution in [2.24, 2.45) is 5.92 Å². The smallest absolute Gasteiger partial charge is 0.341 e. The number of amides is 1. The predicted octanol–water partition coefficient (Wildman–Crippen LogP) is 4.95. The molecule has 1 amide bonds. The molecule has 1 saturated heterocycles. The van der Waals surface area contributed by atoms with Crippen LogP contribution in [0.3, 0.4) is 0 Å². The minimum absolute atomic E-state index is 0.0360. The Labute approximate surface area is 183 Å². The molecule has 1 aliphatic rings. The van der Waals surface area contributed by atoms with E-state index in [4.69, 9.17) is 0 Å². The number of hydrogen-bond acceptors (Lipinski definition) is 2. The van der Waals surface area contributed by atoms with Crippen molar-refractivity contribution in [2.45, 2.75) is 32.1 Å². The Morgan fingerprint density at radius 1 is 0.969 bits per heavy atom. The summed E-state index contributed by atoms with van der Waals surface area (Å²) in [5.41, 5.74) is 1.87. The third-order valence-electron chi connectivity index (χ3n) is 6.30. The second-order valence-corrected chi connectivity index (χ2v) is 8.36. The summed E-state index contributed by atoms with van der Waals surface area (Å²) in [6.07, 6.45) is -1.25. The van der Waals surface area contributed by atoms with Crippen molar-refractivity contribution in [3.05, 3.63) is 66.6 Å². The van der Waals surface area contributed by atoms with Gasteiger partial charge in [0.2, 0.25) is 11.7 Å². The summed E-state index contributed by atoms with van der Waals surface area (Å²) in [6.45, 7) is 1.62. The number of likely N-dealkylation sites (tertiary alicyclic amines) is 1. The van der Waals surface area contributed by atoms with E-state index in [-0.39, 0.29) is 24.9 Å². The van der Waals surface area contributed by atoms with Gasteiger partial charge in [0.05, 0.1) is 11.0 Å². The molecular weight excluding hydrogens is 417 g/mol. The number of halogens is 3. The number of piperidine rings is 1. The third kappa shape index (κ3) is 3.85. The topological polar surface area (TPSA) is 43.1 Å². The number of hydrogen-bond donors (Lipinski definition) is 0. The molecule has 3 heterocycles. The van der Waals surface area contributed by atoms with Gasteiger partial charge in [0.1, 0.15) is 6.54 Å². The molecule has 166 valence electrons. The standard InChI is InChI=1S/C24H23F3N4O/c25-24(26,27)23-28-19-6-2-4-8-21(19)31(23)15-17-9-12-29(13-10-17)22(32)16-30-14-11-18-5-1-3-7-20(18)30/h1-8,11,14,17H,9-10,12-13,15-16H2. The average molecular weight is 440 g/mol. The van der Waals surface area contributed by atoms with Gasteiger partial charge in [-0.1, -0.05) is 30.3 Å². The highest BCUT2D eigenvalue weighted by Gasteiger charge is 2.38. The fraction of sp³-hybridized carbons (Fsp3) is 0.333. The molecule has 4 aromatic rings. The van der Waals surface area contributed by atoms with Crippen LogP contribution in [-0.4, -0.2) is 38.0 Å².